The van der Waals surface area contributed by atoms with Gasteiger partial charge in [-0.25, -0.2) is 0 Å². The quantitative estimate of drug-likeness (QED) is 0.434. The zero-order chi connectivity index (χ0) is 21.8. The van der Waals surface area contributed by atoms with Gasteiger partial charge in [0.15, 0.2) is 0 Å². The number of rotatable bonds is 6. The molecule has 0 spiro atoms. The van der Waals surface area contributed by atoms with E-state index in [0.717, 1.165) is 11.3 Å². The van der Waals surface area contributed by atoms with Crippen LogP contribution in [-0.4, -0.2) is 54.6 Å². The minimum atomic E-state index is -0.182. The maximum atomic E-state index is 2.65. The van der Waals surface area contributed by atoms with Crippen LogP contribution in [0.25, 0.3) is 0 Å². The highest BCUT2D eigenvalue weighted by molar-refractivity contribution is 7.61. The van der Waals surface area contributed by atoms with Crippen LogP contribution in [0, 0.1) is 0 Å². The molecule has 0 heterocycles. The smallest absolute Gasteiger partial charge is 0.0716 e. The Labute approximate surface area is 192 Å². The second-order valence-corrected chi connectivity index (χ2v) is 13.3. The molecule has 0 radical (unpaired) electrons. The van der Waals surface area contributed by atoms with Gasteiger partial charge >= 0.3 is 0 Å². The second kappa shape index (κ2) is 10.2. The summed E-state index contributed by atoms with van der Waals surface area (Å²) >= 11 is 0. The molecule has 3 aliphatic rings. The fourth-order valence-electron chi connectivity index (χ4n) is 6.64. The van der Waals surface area contributed by atoms with E-state index in [1.807, 2.05) is 0 Å². The number of likely N-dealkylation sites (N-methyl/N-ethyl adjacent to an activating group) is 2. The van der Waals surface area contributed by atoms with Crippen molar-refractivity contribution in [3.05, 3.63) is 59.8 Å². The lowest BCUT2D eigenvalue weighted by molar-refractivity contribution is 0.246. The van der Waals surface area contributed by atoms with Crippen molar-refractivity contribution in [1.82, 2.24) is 9.80 Å². The molecular weight excluding hydrogens is 395 g/mol. The van der Waals surface area contributed by atoms with E-state index < -0.39 is 0 Å². The molecule has 0 N–H and O–H groups in total. The summed E-state index contributed by atoms with van der Waals surface area (Å²) in [6.07, 6.45) is 21.9. The molecule has 2 fully saturated rings. The summed E-state index contributed by atoms with van der Waals surface area (Å²) in [6.45, 7) is 0. The summed E-state index contributed by atoms with van der Waals surface area (Å²) in [4.78, 5) is 5.03. The Balaban J connectivity index is 1.88. The molecule has 3 aliphatic carbocycles. The van der Waals surface area contributed by atoms with Crippen molar-refractivity contribution in [3.8, 4) is 0 Å². The number of nitrogens with zero attached hydrogens (tertiary/aromatic N) is 2. The van der Waals surface area contributed by atoms with Crippen LogP contribution >= 0.6 is 7.92 Å². The molecule has 2 saturated carbocycles. The van der Waals surface area contributed by atoms with E-state index in [2.05, 4.69) is 86.6 Å². The van der Waals surface area contributed by atoms with Crippen molar-refractivity contribution in [2.24, 2.45) is 0 Å². The Morgan fingerprint density at radius 3 is 1.81 bits per heavy atom. The Morgan fingerprint density at radius 1 is 0.774 bits per heavy atom. The first-order valence-electron chi connectivity index (χ1n) is 12.6. The fourth-order valence-corrected chi connectivity index (χ4v) is 11.6. The predicted molar refractivity (Wildman–Crippen MR) is 137 cm³/mol. The number of allylic oxidation sites excluding steroid dienone is 2. The summed E-state index contributed by atoms with van der Waals surface area (Å²) in [6, 6.07) is 11.4. The summed E-state index contributed by atoms with van der Waals surface area (Å²) in [7, 11) is 9.05. The monoisotopic (exact) mass is 438 g/mol. The first-order chi connectivity index (χ1) is 15.1. The standard InChI is InChI=1S/C28H43N2P/c1-29(2)26-21-14-22-28(30(3)4,27(26)23-15-8-5-9-16-23)31(24-17-10-6-11-18-24)25-19-12-7-13-20-25/h5,8-9,14-16,21-22,24-25,27H,6-7,10-13,17-20H2,1-4H3. The molecule has 0 aromatic heterocycles. The highest BCUT2D eigenvalue weighted by Gasteiger charge is 2.53. The van der Waals surface area contributed by atoms with Crippen LogP contribution in [0.3, 0.4) is 0 Å². The van der Waals surface area contributed by atoms with Gasteiger partial charge in [0.05, 0.1) is 5.28 Å². The summed E-state index contributed by atoms with van der Waals surface area (Å²) < 4.78 is 0. The third-order valence-corrected chi connectivity index (χ3v) is 12.3. The molecule has 2 nitrogen and oxygen atoms in total. The summed E-state index contributed by atoms with van der Waals surface area (Å²) in [5.74, 6) is 0.402. The van der Waals surface area contributed by atoms with Gasteiger partial charge in [-0.05, 0) is 62.7 Å². The van der Waals surface area contributed by atoms with Gasteiger partial charge in [-0.15, -0.1) is 0 Å². The zero-order valence-electron chi connectivity index (χ0n) is 20.3. The van der Waals surface area contributed by atoms with Gasteiger partial charge in [0.2, 0.25) is 0 Å². The van der Waals surface area contributed by atoms with Crippen LogP contribution in [0.2, 0.25) is 0 Å². The fraction of sp³-hybridized carbons (Fsp3) is 0.643. The van der Waals surface area contributed by atoms with Gasteiger partial charge in [0, 0.05) is 25.7 Å². The van der Waals surface area contributed by atoms with Gasteiger partial charge in [0.25, 0.3) is 0 Å². The third-order valence-electron chi connectivity index (χ3n) is 8.04. The van der Waals surface area contributed by atoms with Crippen LogP contribution in [0.4, 0.5) is 0 Å². The number of hydrogen-bond acceptors (Lipinski definition) is 2. The normalized spacial score (nSPS) is 28.2. The van der Waals surface area contributed by atoms with Gasteiger partial charge < -0.3 is 4.90 Å². The molecule has 0 bridgehead atoms. The first kappa shape index (κ1) is 23.1. The molecule has 1 aromatic rings. The third kappa shape index (κ3) is 4.53. The maximum Gasteiger partial charge on any atom is 0.0716 e. The first-order valence-corrected chi connectivity index (χ1v) is 14.1. The molecule has 3 heteroatoms. The van der Waals surface area contributed by atoms with Gasteiger partial charge in [0.1, 0.15) is 0 Å². The average Bonchev–Trinajstić information content (AvgIpc) is 2.81. The van der Waals surface area contributed by atoms with Gasteiger partial charge in [-0.1, -0.05) is 88.9 Å². The van der Waals surface area contributed by atoms with Crippen LogP contribution < -0.4 is 0 Å². The van der Waals surface area contributed by atoms with Crippen molar-refractivity contribution >= 4 is 7.92 Å². The lowest BCUT2D eigenvalue weighted by Crippen LogP contribution is -2.52. The molecule has 2 unspecified atom stereocenters. The zero-order valence-corrected chi connectivity index (χ0v) is 21.2. The van der Waals surface area contributed by atoms with E-state index in [-0.39, 0.29) is 13.2 Å². The molecule has 170 valence electrons. The highest BCUT2D eigenvalue weighted by Crippen LogP contribution is 2.70. The Bertz CT molecular complexity index is 738. The molecule has 31 heavy (non-hydrogen) atoms. The molecule has 0 saturated heterocycles. The Kier molecular flexibility index (Phi) is 7.60. The molecule has 2 atom stereocenters. The van der Waals surface area contributed by atoms with Crippen LogP contribution in [0.5, 0.6) is 0 Å². The van der Waals surface area contributed by atoms with Crippen molar-refractivity contribution < 1.29 is 0 Å². The van der Waals surface area contributed by atoms with E-state index >= 15 is 0 Å². The van der Waals surface area contributed by atoms with Gasteiger partial charge in [-0.3, -0.25) is 4.90 Å². The van der Waals surface area contributed by atoms with E-state index in [0.29, 0.717) is 5.92 Å². The van der Waals surface area contributed by atoms with Crippen molar-refractivity contribution in [3.63, 3.8) is 0 Å². The molecule has 0 amide bonds. The van der Waals surface area contributed by atoms with Crippen molar-refractivity contribution in [2.75, 3.05) is 28.2 Å². The van der Waals surface area contributed by atoms with E-state index in [1.165, 1.54) is 75.5 Å². The minimum absolute atomic E-state index is 0.0923. The maximum absolute atomic E-state index is 2.65. The Morgan fingerprint density at radius 2 is 1.32 bits per heavy atom. The summed E-state index contributed by atoms with van der Waals surface area (Å²) in [5.41, 5.74) is 4.78. The molecule has 0 aliphatic heterocycles. The highest BCUT2D eigenvalue weighted by atomic mass is 31.1. The number of hydrogen-bond donors (Lipinski definition) is 0. The second-order valence-electron chi connectivity index (χ2n) is 10.4. The Hall–Kier alpha value is -1.11. The molecular formula is C28H43N2P. The SMILES string of the molecule is CN(C)C1=CC=CC(N(C)C)(P(C2CCCCC2)C2CCCCC2)C1c1ccccc1. The lowest BCUT2D eigenvalue weighted by atomic mass is 9.83. The number of benzene rings is 1. The van der Waals surface area contributed by atoms with Gasteiger partial charge in [-0.2, -0.15) is 0 Å². The average molecular weight is 439 g/mol. The molecule has 1 aromatic carbocycles. The van der Waals surface area contributed by atoms with E-state index in [1.54, 1.807) is 0 Å². The topological polar surface area (TPSA) is 6.48 Å². The van der Waals surface area contributed by atoms with Crippen LogP contribution in [-0.2, 0) is 0 Å². The van der Waals surface area contributed by atoms with E-state index in [4.69, 9.17) is 0 Å². The predicted octanol–water partition coefficient (Wildman–Crippen LogP) is 7.19. The molecule has 4 rings (SSSR count). The van der Waals surface area contributed by atoms with Crippen molar-refractivity contribution in [2.45, 2.75) is 86.7 Å². The van der Waals surface area contributed by atoms with E-state index in [9.17, 15) is 0 Å². The minimum Gasteiger partial charge on any atom is -0.380 e. The van der Waals surface area contributed by atoms with Crippen molar-refractivity contribution in [1.29, 1.82) is 0 Å². The summed E-state index contributed by atoms with van der Waals surface area (Å²) in [5, 5.41) is 0.0923. The van der Waals surface area contributed by atoms with Crippen LogP contribution in [0.1, 0.15) is 75.7 Å². The lowest BCUT2D eigenvalue weighted by Gasteiger charge is -2.57. The van der Waals surface area contributed by atoms with Crippen LogP contribution in [0.15, 0.2) is 54.3 Å². The largest absolute Gasteiger partial charge is 0.380 e.